The number of amides is 2. The lowest BCUT2D eigenvalue weighted by Gasteiger charge is -2.24. The van der Waals surface area contributed by atoms with Crippen molar-refractivity contribution in [1.82, 2.24) is 15.2 Å². The first-order valence-corrected chi connectivity index (χ1v) is 10.9. The Morgan fingerprint density at radius 3 is 3.00 bits per heavy atom. The van der Waals surface area contributed by atoms with Crippen LogP contribution in [0.2, 0.25) is 0 Å². The van der Waals surface area contributed by atoms with Crippen LogP contribution in [0, 0.1) is 11.3 Å². The van der Waals surface area contributed by atoms with Crippen LogP contribution in [0.1, 0.15) is 30.1 Å². The van der Waals surface area contributed by atoms with Gasteiger partial charge in [-0.1, -0.05) is 0 Å². The molecule has 1 N–H and O–H groups in total. The largest absolute Gasteiger partial charge is 0.369 e. The lowest BCUT2D eigenvalue weighted by atomic mass is 10.1. The second kappa shape index (κ2) is 8.29. The van der Waals surface area contributed by atoms with E-state index in [0.717, 1.165) is 23.1 Å². The zero-order valence-corrected chi connectivity index (χ0v) is 17.1. The predicted molar refractivity (Wildman–Crippen MR) is 114 cm³/mol. The minimum atomic E-state index is -0.420. The molecule has 29 heavy (non-hydrogen) atoms. The van der Waals surface area contributed by atoms with Crippen LogP contribution in [0.4, 0.5) is 5.69 Å². The van der Waals surface area contributed by atoms with Crippen LogP contribution in [0.3, 0.4) is 0 Å². The van der Waals surface area contributed by atoms with Gasteiger partial charge in [0.05, 0.1) is 29.6 Å². The molecule has 3 heterocycles. The van der Waals surface area contributed by atoms with Crippen molar-refractivity contribution in [3.63, 3.8) is 0 Å². The highest BCUT2D eigenvalue weighted by molar-refractivity contribution is 7.99. The molecule has 0 aliphatic carbocycles. The maximum absolute atomic E-state index is 12.8. The topological polar surface area (TPSA) is 89.3 Å². The Balaban J connectivity index is 1.52. The molecule has 2 saturated heterocycles. The molecule has 8 heteroatoms. The van der Waals surface area contributed by atoms with E-state index in [2.05, 4.69) is 34.3 Å². The number of anilines is 1. The molecule has 1 aromatic heterocycles. The van der Waals surface area contributed by atoms with E-state index in [4.69, 9.17) is 5.26 Å². The smallest absolute Gasteiger partial charge is 0.252 e. The number of hydrogen-bond acceptors (Lipinski definition) is 6. The molecule has 0 bridgehead atoms. The summed E-state index contributed by atoms with van der Waals surface area (Å²) in [6.45, 7) is 3.10. The van der Waals surface area contributed by atoms with Gasteiger partial charge in [0.1, 0.15) is 6.04 Å². The summed E-state index contributed by atoms with van der Waals surface area (Å²) in [7, 11) is 0. The molecule has 2 atom stereocenters. The first kappa shape index (κ1) is 19.5. The normalized spacial score (nSPS) is 21.4. The molecule has 2 aliphatic rings. The summed E-state index contributed by atoms with van der Waals surface area (Å²) in [5.74, 6) is 0.559. The number of carbonyl (C=O) groups is 2. The summed E-state index contributed by atoms with van der Waals surface area (Å²) >= 11 is 1.55. The van der Waals surface area contributed by atoms with E-state index in [1.807, 2.05) is 12.1 Å². The molecule has 2 aliphatic heterocycles. The third-order valence-corrected chi connectivity index (χ3v) is 6.62. The van der Waals surface area contributed by atoms with Gasteiger partial charge in [0.2, 0.25) is 5.91 Å². The molecule has 0 spiro atoms. The molecule has 7 nitrogen and oxygen atoms in total. The number of thioether (sulfide) groups is 1. The molecular weight excluding hydrogens is 386 g/mol. The number of nitrogens with zero attached hydrogens (tertiary/aromatic N) is 4. The molecule has 4 rings (SSSR count). The lowest BCUT2D eigenvalue weighted by Crippen LogP contribution is -2.42. The van der Waals surface area contributed by atoms with Crippen molar-refractivity contribution in [3.05, 3.63) is 36.0 Å². The molecule has 0 unspecified atom stereocenters. The fourth-order valence-corrected chi connectivity index (χ4v) is 5.08. The highest BCUT2D eigenvalue weighted by Crippen LogP contribution is 2.29. The second-order valence-corrected chi connectivity index (χ2v) is 8.44. The summed E-state index contributed by atoms with van der Waals surface area (Å²) in [4.78, 5) is 33.5. The first-order chi connectivity index (χ1) is 14.1. The molecular formula is C21H23N5O2S. The number of aromatic nitrogens is 1. The molecule has 150 valence electrons. The number of nitrogens with one attached hydrogen (secondary N) is 1. The third-order valence-electron chi connectivity index (χ3n) is 5.61. The summed E-state index contributed by atoms with van der Waals surface area (Å²) in [6.07, 6.45) is 3.94. The molecule has 2 fully saturated rings. The molecule has 0 saturated carbocycles. The van der Waals surface area contributed by atoms with Gasteiger partial charge >= 0.3 is 0 Å². The van der Waals surface area contributed by atoms with E-state index in [1.54, 1.807) is 24.0 Å². The highest BCUT2D eigenvalue weighted by Gasteiger charge is 2.29. The van der Waals surface area contributed by atoms with E-state index in [-0.39, 0.29) is 18.4 Å². The Morgan fingerprint density at radius 2 is 2.24 bits per heavy atom. The van der Waals surface area contributed by atoms with Crippen molar-refractivity contribution in [2.45, 2.75) is 31.8 Å². The minimum absolute atomic E-state index is 0.121. The summed E-state index contributed by atoms with van der Waals surface area (Å²) < 4.78 is 0. The number of pyridine rings is 1. The monoisotopic (exact) mass is 409 g/mol. The van der Waals surface area contributed by atoms with Gasteiger partial charge in [-0.15, -0.1) is 11.8 Å². The van der Waals surface area contributed by atoms with Crippen molar-refractivity contribution in [2.75, 3.05) is 29.6 Å². The Bertz CT molecular complexity index is 989. The Kier molecular flexibility index (Phi) is 5.58. The van der Waals surface area contributed by atoms with Crippen LogP contribution in [-0.2, 0) is 4.79 Å². The van der Waals surface area contributed by atoms with Gasteiger partial charge in [0.15, 0.2) is 0 Å². The van der Waals surface area contributed by atoms with Crippen LogP contribution in [0.25, 0.3) is 10.9 Å². The molecule has 0 radical (unpaired) electrons. The number of fused-ring (bicyclic) bond motifs is 1. The van der Waals surface area contributed by atoms with Crippen LogP contribution >= 0.6 is 11.8 Å². The Morgan fingerprint density at radius 1 is 1.38 bits per heavy atom. The Hall–Kier alpha value is -2.79. The van der Waals surface area contributed by atoms with Crippen LogP contribution in [0.5, 0.6) is 0 Å². The van der Waals surface area contributed by atoms with Gasteiger partial charge in [-0.2, -0.15) is 5.26 Å². The van der Waals surface area contributed by atoms with Crippen LogP contribution < -0.4 is 10.2 Å². The maximum Gasteiger partial charge on any atom is 0.252 e. The van der Waals surface area contributed by atoms with Gasteiger partial charge < -0.3 is 15.1 Å². The molecule has 1 aromatic carbocycles. The highest BCUT2D eigenvalue weighted by atomic mass is 32.2. The zero-order valence-electron chi connectivity index (χ0n) is 16.3. The van der Waals surface area contributed by atoms with E-state index in [0.29, 0.717) is 23.2 Å². The number of carbonyl (C=O) groups excluding carboxylic acids is 2. The van der Waals surface area contributed by atoms with Gasteiger partial charge in [-0.25, -0.2) is 0 Å². The van der Waals surface area contributed by atoms with Crippen LogP contribution in [0.15, 0.2) is 30.5 Å². The Labute approximate surface area is 174 Å². The van der Waals surface area contributed by atoms with Crippen molar-refractivity contribution >= 4 is 40.2 Å². The number of rotatable bonds is 4. The number of benzene rings is 1. The van der Waals surface area contributed by atoms with E-state index < -0.39 is 6.04 Å². The van der Waals surface area contributed by atoms with Crippen molar-refractivity contribution in [1.29, 1.82) is 5.26 Å². The molecule has 2 amide bonds. The van der Waals surface area contributed by atoms with Crippen molar-refractivity contribution < 1.29 is 9.59 Å². The predicted octanol–water partition coefficient (Wildman–Crippen LogP) is 2.38. The van der Waals surface area contributed by atoms with Crippen LogP contribution in [-0.4, -0.2) is 58.5 Å². The van der Waals surface area contributed by atoms with Crippen molar-refractivity contribution in [2.24, 2.45) is 0 Å². The van der Waals surface area contributed by atoms with E-state index in [9.17, 15) is 9.59 Å². The summed E-state index contributed by atoms with van der Waals surface area (Å²) in [6, 6.07) is 9.88. The third kappa shape index (κ3) is 3.87. The van der Waals surface area contributed by atoms with E-state index >= 15 is 0 Å². The second-order valence-electron chi connectivity index (χ2n) is 7.44. The quantitative estimate of drug-likeness (QED) is 0.834. The van der Waals surface area contributed by atoms with E-state index in [1.165, 1.54) is 17.7 Å². The standard InChI is InChI=1S/C21H23N5O2S/c1-14-3-2-8-25(14)15-4-5-19-18(9-15)17(6-7-23-19)21(28)24-11-20(27)26-13-29-12-16(26)10-22/h4-7,9,14,16H,2-3,8,11-13H2,1H3,(H,24,28)/t14-,16+/m0/s1. The average Bonchev–Trinajstić information content (AvgIpc) is 3.39. The SMILES string of the molecule is C[C@H]1CCCN1c1ccc2nccc(C(=O)NCC(=O)N3CSC[C@H]3C#N)c2c1. The lowest BCUT2D eigenvalue weighted by molar-refractivity contribution is -0.129. The van der Waals surface area contributed by atoms with Gasteiger partial charge in [-0.3, -0.25) is 14.6 Å². The zero-order chi connectivity index (χ0) is 20.4. The van der Waals surface area contributed by atoms with Gasteiger partial charge in [0.25, 0.3) is 5.91 Å². The number of hydrogen-bond donors (Lipinski definition) is 1. The maximum atomic E-state index is 12.8. The van der Waals surface area contributed by atoms with Gasteiger partial charge in [0, 0.05) is 35.6 Å². The fourth-order valence-electron chi connectivity index (χ4n) is 3.98. The number of nitriles is 1. The summed E-state index contributed by atoms with van der Waals surface area (Å²) in [5, 5.41) is 12.6. The molecule has 2 aromatic rings. The minimum Gasteiger partial charge on any atom is -0.369 e. The average molecular weight is 410 g/mol. The fraction of sp³-hybridized carbons (Fsp3) is 0.429. The first-order valence-electron chi connectivity index (χ1n) is 9.79. The summed E-state index contributed by atoms with van der Waals surface area (Å²) in [5.41, 5.74) is 2.34. The van der Waals surface area contributed by atoms with Crippen molar-refractivity contribution in [3.8, 4) is 6.07 Å². The van der Waals surface area contributed by atoms with Gasteiger partial charge in [-0.05, 0) is 44.0 Å².